The molecule has 0 aliphatic rings. The zero-order valence-electron chi connectivity index (χ0n) is 10.8. The molecule has 5 nitrogen and oxygen atoms in total. The first-order valence-electron chi connectivity index (χ1n) is 5.96. The highest BCUT2D eigenvalue weighted by Gasteiger charge is 2.17. The normalized spacial score (nSPS) is 11.0. The Hall–Kier alpha value is -1.48. The van der Waals surface area contributed by atoms with Crippen molar-refractivity contribution in [2.45, 2.75) is 6.92 Å². The van der Waals surface area contributed by atoms with Gasteiger partial charge in [-0.1, -0.05) is 0 Å². The smallest absolute Gasteiger partial charge is 0.272 e. The molecular formula is C14H8BrIN2O3. The van der Waals surface area contributed by atoms with Crippen molar-refractivity contribution >= 4 is 55.3 Å². The molecule has 106 valence electrons. The highest BCUT2D eigenvalue weighted by atomic mass is 127. The number of hydrogen-bond acceptors (Lipinski definition) is 4. The highest BCUT2D eigenvalue weighted by Crippen LogP contribution is 2.33. The lowest BCUT2D eigenvalue weighted by Gasteiger charge is -2.00. The molecule has 0 saturated heterocycles. The lowest BCUT2D eigenvalue weighted by Crippen LogP contribution is -1.88. The summed E-state index contributed by atoms with van der Waals surface area (Å²) < 4.78 is 7.70. The fourth-order valence-corrected chi connectivity index (χ4v) is 2.97. The van der Waals surface area contributed by atoms with Crippen LogP contribution in [0, 0.1) is 20.6 Å². The molecule has 1 aromatic heterocycles. The summed E-state index contributed by atoms with van der Waals surface area (Å²) in [6.07, 6.45) is 0. The third-order valence-electron chi connectivity index (χ3n) is 3.03. The van der Waals surface area contributed by atoms with Gasteiger partial charge < -0.3 is 4.42 Å². The molecule has 0 amide bonds. The van der Waals surface area contributed by atoms with Crippen molar-refractivity contribution in [3.05, 3.63) is 54.1 Å². The van der Waals surface area contributed by atoms with Crippen LogP contribution in [-0.2, 0) is 0 Å². The Morgan fingerprint density at radius 1 is 1.33 bits per heavy atom. The number of non-ortho nitro benzene ring substituents is 1. The Morgan fingerprint density at radius 3 is 2.81 bits per heavy atom. The van der Waals surface area contributed by atoms with Crippen LogP contribution in [-0.4, -0.2) is 9.91 Å². The largest absolute Gasteiger partial charge is 0.436 e. The number of halogens is 2. The molecule has 2 aromatic carbocycles. The number of hydrogen-bond donors (Lipinski definition) is 0. The number of rotatable bonds is 2. The second kappa shape index (κ2) is 5.38. The topological polar surface area (TPSA) is 69.2 Å². The quantitative estimate of drug-likeness (QED) is 0.305. The molecule has 0 radical (unpaired) electrons. The van der Waals surface area contributed by atoms with E-state index in [-0.39, 0.29) is 5.69 Å². The van der Waals surface area contributed by atoms with Gasteiger partial charge in [0.15, 0.2) is 5.58 Å². The molecule has 1 heterocycles. The minimum atomic E-state index is -0.428. The van der Waals surface area contributed by atoms with Crippen molar-refractivity contribution in [3.8, 4) is 11.5 Å². The van der Waals surface area contributed by atoms with Crippen molar-refractivity contribution in [3.63, 3.8) is 0 Å². The van der Waals surface area contributed by atoms with Crippen LogP contribution in [0.4, 0.5) is 5.69 Å². The van der Waals surface area contributed by atoms with E-state index >= 15 is 0 Å². The van der Waals surface area contributed by atoms with Gasteiger partial charge in [-0.05, 0) is 63.6 Å². The first-order valence-corrected chi connectivity index (χ1v) is 7.84. The lowest BCUT2D eigenvalue weighted by molar-refractivity contribution is -0.384. The summed E-state index contributed by atoms with van der Waals surface area (Å²) in [6, 6.07) is 8.74. The molecule has 7 heteroatoms. The van der Waals surface area contributed by atoms with Crippen molar-refractivity contribution in [2.24, 2.45) is 0 Å². The van der Waals surface area contributed by atoms with Gasteiger partial charge in [-0.25, -0.2) is 4.98 Å². The third-order valence-corrected chi connectivity index (χ3v) is 4.39. The predicted octanol–water partition coefficient (Wildman–Crippen LogP) is 5.08. The number of benzene rings is 2. The Morgan fingerprint density at radius 2 is 2.10 bits per heavy atom. The van der Waals surface area contributed by atoms with Gasteiger partial charge in [0.1, 0.15) is 5.52 Å². The van der Waals surface area contributed by atoms with Crippen molar-refractivity contribution in [1.29, 1.82) is 0 Å². The molecule has 0 fully saturated rings. The van der Waals surface area contributed by atoms with Crippen LogP contribution >= 0.6 is 38.5 Å². The molecule has 0 spiro atoms. The summed E-state index contributed by atoms with van der Waals surface area (Å²) in [5, 5.41) is 10.9. The van der Waals surface area contributed by atoms with E-state index < -0.39 is 4.92 Å². The molecule has 0 N–H and O–H groups in total. The van der Waals surface area contributed by atoms with E-state index in [1.54, 1.807) is 6.92 Å². The number of fused-ring (bicyclic) bond motifs is 1. The number of aryl methyl sites for hydroxylation is 1. The summed E-state index contributed by atoms with van der Waals surface area (Å²) in [7, 11) is 0. The second-order valence-electron chi connectivity index (χ2n) is 4.51. The molecule has 0 aliphatic heterocycles. The molecular weight excluding hydrogens is 451 g/mol. The zero-order valence-corrected chi connectivity index (χ0v) is 14.5. The molecule has 0 atom stereocenters. The summed E-state index contributed by atoms with van der Waals surface area (Å²) in [6.45, 7) is 1.77. The molecule has 0 saturated carbocycles. The van der Waals surface area contributed by atoms with Crippen LogP contribution in [0.2, 0.25) is 0 Å². The van der Waals surface area contributed by atoms with Crippen LogP contribution in [0.25, 0.3) is 22.6 Å². The third kappa shape index (κ3) is 2.67. The van der Waals surface area contributed by atoms with Crippen LogP contribution in [0.3, 0.4) is 0 Å². The van der Waals surface area contributed by atoms with Gasteiger partial charge in [0.2, 0.25) is 5.89 Å². The molecule has 0 aliphatic carbocycles. The number of nitro benzene ring substituents is 1. The maximum atomic E-state index is 10.9. The van der Waals surface area contributed by atoms with E-state index in [0.717, 1.165) is 13.6 Å². The standard InChI is InChI=1S/C14H8BrIN2O3/c1-7-4-9(18(19)20)6-12-13(7)21-14(17-12)10-5-8(16)2-3-11(10)15/h2-6H,1H3. The summed E-state index contributed by atoms with van der Waals surface area (Å²) >= 11 is 5.68. The number of aromatic nitrogens is 1. The van der Waals surface area contributed by atoms with Gasteiger partial charge in [-0.15, -0.1) is 0 Å². The predicted molar refractivity (Wildman–Crippen MR) is 91.3 cm³/mol. The van der Waals surface area contributed by atoms with Gasteiger partial charge in [0.25, 0.3) is 5.69 Å². The van der Waals surface area contributed by atoms with Crippen LogP contribution in [0.15, 0.2) is 39.2 Å². The summed E-state index contributed by atoms with van der Waals surface area (Å²) in [5.41, 5.74) is 2.59. The molecule has 21 heavy (non-hydrogen) atoms. The van der Waals surface area contributed by atoms with Crippen molar-refractivity contribution < 1.29 is 9.34 Å². The maximum Gasteiger partial charge on any atom is 0.272 e. The molecule has 3 aromatic rings. The first-order chi connectivity index (χ1) is 9.95. The average Bonchev–Trinajstić information content (AvgIpc) is 2.85. The second-order valence-corrected chi connectivity index (χ2v) is 6.61. The monoisotopic (exact) mass is 458 g/mol. The van der Waals surface area contributed by atoms with Crippen LogP contribution in [0.5, 0.6) is 0 Å². The average molecular weight is 459 g/mol. The fourth-order valence-electron chi connectivity index (χ4n) is 2.06. The minimum Gasteiger partial charge on any atom is -0.436 e. The molecule has 0 bridgehead atoms. The van der Waals surface area contributed by atoms with E-state index in [1.807, 2.05) is 18.2 Å². The van der Waals surface area contributed by atoms with Gasteiger partial charge in [0, 0.05) is 25.7 Å². The van der Waals surface area contributed by atoms with Gasteiger partial charge >= 0.3 is 0 Å². The Kier molecular flexibility index (Phi) is 3.70. The van der Waals surface area contributed by atoms with Gasteiger partial charge in [0.05, 0.1) is 10.5 Å². The van der Waals surface area contributed by atoms with E-state index in [2.05, 4.69) is 43.5 Å². The Balaban J connectivity index is 2.24. The van der Waals surface area contributed by atoms with E-state index in [9.17, 15) is 10.1 Å². The summed E-state index contributed by atoms with van der Waals surface area (Å²) in [4.78, 5) is 14.9. The first kappa shape index (κ1) is 14.5. The molecule has 0 unspecified atom stereocenters. The SMILES string of the molecule is Cc1cc([N+](=O)[O-])cc2nc(-c3cc(I)ccc3Br)oc12. The zero-order chi connectivity index (χ0) is 15.1. The lowest BCUT2D eigenvalue weighted by atomic mass is 10.2. The van der Waals surface area contributed by atoms with E-state index in [1.165, 1.54) is 12.1 Å². The van der Waals surface area contributed by atoms with Crippen molar-refractivity contribution in [1.82, 2.24) is 4.98 Å². The highest BCUT2D eigenvalue weighted by molar-refractivity contribution is 14.1. The van der Waals surface area contributed by atoms with E-state index in [0.29, 0.717) is 22.6 Å². The number of nitrogens with zero attached hydrogens (tertiary/aromatic N) is 2. The number of nitro groups is 1. The fraction of sp³-hybridized carbons (Fsp3) is 0.0714. The number of oxazole rings is 1. The van der Waals surface area contributed by atoms with Gasteiger partial charge in [-0.2, -0.15) is 0 Å². The Labute approximate surface area is 141 Å². The minimum absolute atomic E-state index is 0.0153. The van der Waals surface area contributed by atoms with E-state index in [4.69, 9.17) is 4.42 Å². The van der Waals surface area contributed by atoms with Crippen molar-refractivity contribution in [2.75, 3.05) is 0 Å². The van der Waals surface area contributed by atoms with Gasteiger partial charge in [-0.3, -0.25) is 10.1 Å². The molecule has 3 rings (SSSR count). The van der Waals surface area contributed by atoms with Crippen LogP contribution in [0.1, 0.15) is 5.56 Å². The maximum absolute atomic E-state index is 10.9. The van der Waals surface area contributed by atoms with Crippen LogP contribution < -0.4 is 0 Å². The summed E-state index contributed by atoms with van der Waals surface area (Å²) in [5.74, 6) is 0.444. The Bertz CT molecular complexity index is 876.